The predicted molar refractivity (Wildman–Crippen MR) is 108 cm³/mol. The highest BCUT2D eigenvalue weighted by Crippen LogP contribution is 2.32. The number of aromatic nitrogens is 1. The molecule has 2 aromatic carbocycles. The van der Waals surface area contributed by atoms with E-state index in [0.717, 1.165) is 22.0 Å². The number of amides is 1. The van der Waals surface area contributed by atoms with E-state index >= 15 is 0 Å². The second-order valence-corrected chi connectivity index (χ2v) is 7.07. The summed E-state index contributed by atoms with van der Waals surface area (Å²) in [6.07, 6.45) is 0.586. The van der Waals surface area contributed by atoms with Crippen LogP contribution in [0.15, 0.2) is 41.2 Å². The molecule has 1 aliphatic heterocycles. The Morgan fingerprint density at radius 3 is 2.68 bits per heavy atom. The molecule has 0 fully saturated rings. The average molecular weight is 378 g/mol. The zero-order valence-corrected chi connectivity index (χ0v) is 15.9. The van der Waals surface area contributed by atoms with Gasteiger partial charge in [-0.3, -0.25) is 9.59 Å². The summed E-state index contributed by atoms with van der Waals surface area (Å²) in [6, 6.07) is 11.2. The van der Waals surface area contributed by atoms with Crippen LogP contribution in [0.1, 0.15) is 23.1 Å². The number of hydrogen-bond donors (Lipinski definition) is 2. The Balaban J connectivity index is 1.46. The van der Waals surface area contributed by atoms with Gasteiger partial charge >= 0.3 is 0 Å². The molecule has 0 saturated carbocycles. The summed E-state index contributed by atoms with van der Waals surface area (Å²) in [7, 11) is 0. The molecule has 6 heteroatoms. The molecule has 0 saturated heterocycles. The average Bonchev–Trinajstić information content (AvgIpc) is 2.66. The quantitative estimate of drug-likeness (QED) is 0.728. The maximum absolute atomic E-state index is 12.4. The summed E-state index contributed by atoms with van der Waals surface area (Å²) in [5.41, 5.74) is 4.14. The molecule has 28 heavy (non-hydrogen) atoms. The van der Waals surface area contributed by atoms with Crippen molar-refractivity contribution in [1.82, 2.24) is 4.98 Å². The van der Waals surface area contributed by atoms with Crippen LogP contribution in [0.5, 0.6) is 11.5 Å². The van der Waals surface area contributed by atoms with E-state index in [9.17, 15) is 9.59 Å². The van der Waals surface area contributed by atoms with E-state index in [1.54, 1.807) is 18.2 Å². The first-order valence-electron chi connectivity index (χ1n) is 9.32. The number of benzene rings is 2. The van der Waals surface area contributed by atoms with Crippen LogP contribution in [0.4, 0.5) is 5.69 Å². The Morgan fingerprint density at radius 1 is 1.07 bits per heavy atom. The molecule has 0 unspecified atom stereocenters. The van der Waals surface area contributed by atoms with Gasteiger partial charge in [0.15, 0.2) is 11.5 Å². The minimum absolute atomic E-state index is 0.148. The second kappa shape index (κ2) is 7.38. The lowest BCUT2D eigenvalue weighted by molar-refractivity contribution is -0.116. The monoisotopic (exact) mass is 378 g/mol. The number of carbonyl (C=O) groups excluding carboxylic acids is 1. The molecule has 144 valence electrons. The number of pyridine rings is 1. The van der Waals surface area contributed by atoms with E-state index in [4.69, 9.17) is 9.47 Å². The zero-order valence-electron chi connectivity index (χ0n) is 15.9. The van der Waals surface area contributed by atoms with Crippen LogP contribution in [0.3, 0.4) is 0 Å². The molecule has 1 amide bonds. The summed E-state index contributed by atoms with van der Waals surface area (Å²) in [4.78, 5) is 27.6. The highest BCUT2D eigenvalue weighted by Gasteiger charge is 2.13. The molecule has 6 nitrogen and oxygen atoms in total. The number of aromatic amines is 1. The van der Waals surface area contributed by atoms with Crippen LogP contribution in [-0.4, -0.2) is 24.1 Å². The van der Waals surface area contributed by atoms with Crippen molar-refractivity contribution in [3.8, 4) is 11.5 Å². The SMILES string of the molecule is Cc1cc(C)c2cc(CCC(=O)Nc3ccc4c(c3)OCCO4)c(=O)[nH]c2c1. The van der Waals surface area contributed by atoms with E-state index in [2.05, 4.69) is 16.4 Å². The largest absolute Gasteiger partial charge is 0.486 e. The summed E-state index contributed by atoms with van der Waals surface area (Å²) < 4.78 is 11.0. The lowest BCUT2D eigenvalue weighted by atomic mass is 10.0. The lowest BCUT2D eigenvalue weighted by Crippen LogP contribution is -2.18. The van der Waals surface area contributed by atoms with Crippen molar-refractivity contribution < 1.29 is 14.3 Å². The van der Waals surface area contributed by atoms with Crippen LogP contribution in [0.2, 0.25) is 0 Å². The molecule has 4 rings (SSSR count). The van der Waals surface area contributed by atoms with E-state index in [1.165, 1.54) is 0 Å². The first-order chi connectivity index (χ1) is 13.5. The van der Waals surface area contributed by atoms with Crippen molar-refractivity contribution >= 4 is 22.5 Å². The number of anilines is 1. The summed E-state index contributed by atoms with van der Waals surface area (Å²) >= 11 is 0. The molecule has 0 bridgehead atoms. The molecule has 2 heterocycles. The molecule has 2 N–H and O–H groups in total. The highest BCUT2D eigenvalue weighted by molar-refractivity contribution is 5.91. The second-order valence-electron chi connectivity index (χ2n) is 7.07. The lowest BCUT2D eigenvalue weighted by Gasteiger charge is -2.19. The molecule has 1 aliphatic rings. The Bertz CT molecular complexity index is 1120. The Labute approximate surface area is 162 Å². The number of ether oxygens (including phenoxy) is 2. The van der Waals surface area contributed by atoms with Gasteiger partial charge < -0.3 is 19.8 Å². The van der Waals surface area contributed by atoms with Gasteiger partial charge in [-0.15, -0.1) is 0 Å². The van der Waals surface area contributed by atoms with Gasteiger partial charge in [-0.1, -0.05) is 6.07 Å². The van der Waals surface area contributed by atoms with Crippen molar-refractivity contribution in [1.29, 1.82) is 0 Å². The number of H-pyrrole nitrogens is 1. The molecular weight excluding hydrogens is 356 g/mol. The topological polar surface area (TPSA) is 80.4 Å². The molecule has 1 aromatic heterocycles. The fourth-order valence-electron chi connectivity index (χ4n) is 3.49. The number of nitrogens with one attached hydrogen (secondary N) is 2. The normalized spacial score (nSPS) is 12.8. The molecule has 0 aliphatic carbocycles. The number of rotatable bonds is 4. The third kappa shape index (κ3) is 3.71. The number of carbonyl (C=O) groups is 1. The van der Waals surface area contributed by atoms with Gasteiger partial charge in [-0.25, -0.2) is 0 Å². The van der Waals surface area contributed by atoms with Gasteiger partial charge in [0.2, 0.25) is 5.91 Å². The minimum atomic E-state index is -0.156. The van der Waals surface area contributed by atoms with Crippen molar-refractivity contribution in [2.24, 2.45) is 0 Å². The van der Waals surface area contributed by atoms with E-state index < -0.39 is 0 Å². The molecule has 0 atom stereocenters. The van der Waals surface area contributed by atoms with Crippen LogP contribution < -0.4 is 20.3 Å². The summed E-state index contributed by atoms with van der Waals surface area (Å²) in [5.74, 6) is 1.15. The standard InChI is InChI=1S/C22H22N2O4/c1-13-9-14(2)17-11-15(22(26)24-18(17)10-13)3-6-21(25)23-16-4-5-19-20(12-16)28-8-7-27-19/h4-5,9-12H,3,6-8H2,1-2H3,(H,23,25)(H,24,26). The molecule has 3 aromatic rings. The van der Waals surface area contributed by atoms with Gasteiger partial charge in [-0.05, 0) is 55.7 Å². The zero-order chi connectivity index (χ0) is 19.7. The van der Waals surface area contributed by atoms with Gasteiger partial charge in [0.1, 0.15) is 13.2 Å². The predicted octanol–water partition coefficient (Wildman–Crippen LogP) is 3.49. The van der Waals surface area contributed by atoms with E-state index in [0.29, 0.717) is 42.4 Å². The first kappa shape index (κ1) is 18.1. The summed E-state index contributed by atoms with van der Waals surface area (Å²) in [5, 5.41) is 3.86. The van der Waals surface area contributed by atoms with E-state index in [1.807, 2.05) is 26.0 Å². The summed E-state index contributed by atoms with van der Waals surface area (Å²) in [6.45, 7) is 5.04. The van der Waals surface area contributed by atoms with Gasteiger partial charge in [0.25, 0.3) is 5.56 Å². The van der Waals surface area contributed by atoms with Crippen molar-refractivity contribution in [2.75, 3.05) is 18.5 Å². The van der Waals surface area contributed by atoms with Crippen molar-refractivity contribution in [3.05, 3.63) is 63.4 Å². The number of fused-ring (bicyclic) bond motifs is 2. The van der Waals surface area contributed by atoms with Gasteiger partial charge in [0.05, 0.1) is 0 Å². The fourth-order valence-corrected chi connectivity index (χ4v) is 3.49. The van der Waals surface area contributed by atoms with Crippen LogP contribution in [0, 0.1) is 13.8 Å². The van der Waals surface area contributed by atoms with Crippen molar-refractivity contribution in [2.45, 2.75) is 26.7 Å². The van der Waals surface area contributed by atoms with Crippen LogP contribution in [0.25, 0.3) is 10.9 Å². The Hall–Kier alpha value is -3.28. The number of aryl methyl sites for hydroxylation is 3. The molecule has 0 spiro atoms. The fraction of sp³-hybridized carbons (Fsp3) is 0.273. The van der Waals surface area contributed by atoms with Crippen LogP contribution in [-0.2, 0) is 11.2 Å². The van der Waals surface area contributed by atoms with Gasteiger partial charge in [0, 0.05) is 34.6 Å². The Kier molecular flexibility index (Phi) is 4.77. The van der Waals surface area contributed by atoms with Gasteiger partial charge in [-0.2, -0.15) is 0 Å². The maximum atomic E-state index is 12.4. The third-order valence-corrected chi connectivity index (χ3v) is 4.84. The first-order valence-corrected chi connectivity index (χ1v) is 9.32. The number of hydrogen-bond acceptors (Lipinski definition) is 4. The van der Waals surface area contributed by atoms with Crippen molar-refractivity contribution in [3.63, 3.8) is 0 Å². The minimum Gasteiger partial charge on any atom is -0.486 e. The molecular formula is C22H22N2O4. The molecule has 0 radical (unpaired) electrons. The van der Waals surface area contributed by atoms with E-state index in [-0.39, 0.29) is 17.9 Å². The maximum Gasteiger partial charge on any atom is 0.251 e. The third-order valence-electron chi connectivity index (χ3n) is 4.84. The Morgan fingerprint density at radius 2 is 1.86 bits per heavy atom. The highest BCUT2D eigenvalue weighted by atomic mass is 16.6. The van der Waals surface area contributed by atoms with Crippen LogP contribution >= 0.6 is 0 Å². The smallest absolute Gasteiger partial charge is 0.251 e.